The van der Waals surface area contributed by atoms with Gasteiger partial charge in [-0.05, 0) is 38.0 Å². The molecule has 0 aliphatic heterocycles. The predicted octanol–water partition coefficient (Wildman–Crippen LogP) is 5.92. The van der Waals surface area contributed by atoms with E-state index in [-0.39, 0.29) is 35.5 Å². The average molecular weight is 503 g/mol. The fraction of sp³-hybridized carbons (Fsp3) is 0.240. The molecule has 3 heterocycles. The van der Waals surface area contributed by atoms with Gasteiger partial charge in [0, 0.05) is 24.2 Å². The molecule has 0 aliphatic rings. The Kier molecular flexibility index (Phi) is 6.93. The first-order valence-electron chi connectivity index (χ1n) is 10.7. The van der Waals surface area contributed by atoms with Crippen LogP contribution in [0.5, 0.6) is 5.75 Å². The van der Waals surface area contributed by atoms with Crippen LogP contribution in [-0.2, 0) is 19.2 Å². The first-order chi connectivity index (χ1) is 16.6. The Morgan fingerprint density at radius 1 is 1.14 bits per heavy atom. The summed E-state index contributed by atoms with van der Waals surface area (Å²) >= 11 is 1.02. The second-order valence-electron chi connectivity index (χ2n) is 7.89. The summed E-state index contributed by atoms with van der Waals surface area (Å²) in [6, 6.07) is 13.8. The third-order valence-corrected chi connectivity index (χ3v) is 6.39. The molecule has 182 valence electrons. The molecular formula is C25H21F3N2O4S. The van der Waals surface area contributed by atoms with E-state index in [1.807, 2.05) is 30.3 Å². The number of carbonyl (C=O) groups is 1. The second kappa shape index (κ2) is 9.91. The van der Waals surface area contributed by atoms with Crippen LogP contribution in [0.15, 0.2) is 63.9 Å². The van der Waals surface area contributed by atoms with E-state index in [2.05, 4.69) is 4.98 Å². The van der Waals surface area contributed by atoms with E-state index >= 15 is 0 Å². The highest BCUT2D eigenvalue weighted by Crippen LogP contribution is 2.35. The number of ether oxygens (including phenoxy) is 1. The van der Waals surface area contributed by atoms with Gasteiger partial charge in [0.05, 0.1) is 10.6 Å². The van der Waals surface area contributed by atoms with Crippen molar-refractivity contribution in [3.8, 4) is 10.9 Å². The highest BCUT2D eigenvalue weighted by atomic mass is 32.1. The van der Waals surface area contributed by atoms with Crippen molar-refractivity contribution in [2.75, 3.05) is 0 Å². The van der Waals surface area contributed by atoms with Crippen molar-refractivity contribution in [3.63, 3.8) is 0 Å². The van der Waals surface area contributed by atoms with E-state index in [1.54, 1.807) is 13.0 Å². The Morgan fingerprint density at radius 2 is 1.89 bits per heavy atom. The van der Waals surface area contributed by atoms with E-state index in [1.165, 1.54) is 29.8 Å². The summed E-state index contributed by atoms with van der Waals surface area (Å²) in [5, 5.41) is 0.292. The monoisotopic (exact) mass is 502 g/mol. The lowest BCUT2D eigenvalue weighted by Crippen LogP contribution is -2.16. The Balaban J connectivity index is 1.46. The van der Waals surface area contributed by atoms with Crippen molar-refractivity contribution >= 4 is 17.1 Å². The van der Waals surface area contributed by atoms with Gasteiger partial charge in [-0.15, -0.1) is 0 Å². The van der Waals surface area contributed by atoms with Gasteiger partial charge in [-0.3, -0.25) is 14.2 Å². The smallest absolute Gasteiger partial charge is 0.449 e. The third kappa shape index (κ3) is 5.71. The van der Waals surface area contributed by atoms with Crippen LogP contribution >= 0.6 is 11.3 Å². The maximum atomic E-state index is 13.1. The summed E-state index contributed by atoms with van der Waals surface area (Å²) in [7, 11) is 0. The zero-order chi connectivity index (χ0) is 25.2. The van der Waals surface area contributed by atoms with E-state index in [0.29, 0.717) is 28.1 Å². The maximum Gasteiger partial charge on any atom is 0.449 e. The lowest BCUT2D eigenvalue weighted by atomic mass is 10.1. The summed E-state index contributed by atoms with van der Waals surface area (Å²) in [4.78, 5) is 30.0. The average Bonchev–Trinajstić information content (AvgIpc) is 3.39. The van der Waals surface area contributed by atoms with Gasteiger partial charge in [0.15, 0.2) is 10.9 Å². The van der Waals surface area contributed by atoms with Gasteiger partial charge in [-0.1, -0.05) is 41.7 Å². The number of furan rings is 1. The number of Topliss-reactive ketones (excluding diaryl/α,β-unsaturated/α-hetero) is 1. The fourth-order valence-electron chi connectivity index (χ4n) is 3.55. The molecule has 4 rings (SSSR count). The maximum absolute atomic E-state index is 13.1. The van der Waals surface area contributed by atoms with Crippen LogP contribution in [0.3, 0.4) is 0 Å². The van der Waals surface area contributed by atoms with Crippen molar-refractivity contribution in [1.29, 1.82) is 0 Å². The topological polar surface area (TPSA) is 74.3 Å². The highest BCUT2D eigenvalue weighted by Gasteiger charge is 2.38. The SMILES string of the molecule is Cc1cc(CCC(=O)c2sc(-n3ccc(OCc4ccccc4)cc3=O)nc2C)c(C(F)(F)F)o1. The predicted molar refractivity (Wildman–Crippen MR) is 124 cm³/mol. The number of aryl methyl sites for hydroxylation is 3. The number of alkyl halides is 3. The summed E-state index contributed by atoms with van der Waals surface area (Å²) in [5.41, 5.74) is 0.925. The van der Waals surface area contributed by atoms with Crippen LogP contribution in [0.25, 0.3) is 5.13 Å². The molecule has 0 atom stereocenters. The van der Waals surface area contributed by atoms with Gasteiger partial charge in [0.2, 0.25) is 5.76 Å². The minimum Gasteiger partial charge on any atom is -0.489 e. The lowest BCUT2D eigenvalue weighted by molar-refractivity contribution is -0.154. The van der Waals surface area contributed by atoms with Crippen LogP contribution in [-0.4, -0.2) is 15.3 Å². The molecule has 1 aromatic carbocycles. The summed E-state index contributed by atoms with van der Waals surface area (Å²) in [6.45, 7) is 3.36. The lowest BCUT2D eigenvalue weighted by Gasteiger charge is -2.07. The van der Waals surface area contributed by atoms with Crippen LogP contribution < -0.4 is 10.3 Å². The Bertz CT molecular complexity index is 1400. The van der Waals surface area contributed by atoms with Gasteiger partial charge in [0.25, 0.3) is 5.56 Å². The molecule has 0 spiro atoms. The molecule has 0 unspecified atom stereocenters. The molecule has 3 aromatic heterocycles. The van der Waals surface area contributed by atoms with Crippen LogP contribution in [0, 0.1) is 13.8 Å². The number of ketones is 1. The second-order valence-corrected chi connectivity index (χ2v) is 8.87. The number of benzene rings is 1. The standard InChI is InChI=1S/C25H21F3N2O4S/c1-15-12-18(23(34-15)25(26,27)28)8-9-20(31)22-16(2)29-24(35-22)30-11-10-19(13-21(30)32)33-14-17-6-4-3-5-7-17/h3-7,10-13H,8-9,14H2,1-2H3. The largest absolute Gasteiger partial charge is 0.489 e. The van der Waals surface area contributed by atoms with E-state index in [4.69, 9.17) is 9.15 Å². The van der Waals surface area contributed by atoms with Gasteiger partial charge in [-0.25, -0.2) is 4.98 Å². The molecule has 0 saturated heterocycles. The number of halogens is 3. The Hall–Kier alpha value is -3.66. The molecule has 0 N–H and O–H groups in total. The third-order valence-electron chi connectivity index (χ3n) is 5.20. The molecule has 0 amide bonds. The molecule has 10 heteroatoms. The number of thiazole rings is 1. The highest BCUT2D eigenvalue weighted by molar-refractivity contribution is 7.16. The van der Waals surface area contributed by atoms with Crippen LogP contribution in [0.2, 0.25) is 0 Å². The molecule has 4 aromatic rings. The van der Waals surface area contributed by atoms with Crippen LogP contribution in [0.4, 0.5) is 13.2 Å². The summed E-state index contributed by atoms with van der Waals surface area (Å²) < 4.78 is 51.2. The number of rotatable bonds is 8. The molecular weight excluding hydrogens is 481 g/mol. The van der Waals surface area contributed by atoms with Gasteiger partial charge >= 0.3 is 6.18 Å². The van der Waals surface area contributed by atoms with Crippen molar-refractivity contribution in [3.05, 3.63) is 98.3 Å². The first kappa shape index (κ1) is 24.5. The number of aromatic nitrogens is 2. The fourth-order valence-corrected chi connectivity index (χ4v) is 4.57. The number of nitrogens with zero attached hydrogens (tertiary/aromatic N) is 2. The van der Waals surface area contributed by atoms with Crippen molar-refractivity contribution in [2.45, 2.75) is 39.5 Å². The van der Waals surface area contributed by atoms with Crippen LogP contribution in [0.1, 0.15) is 44.4 Å². The molecule has 0 saturated carbocycles. The number of hydrogen-bond acceptors (Lipinski definition) is 6. The van der Waals surface area contributed by atoms with Crippen molar-refractivity contribution < 1.29 is 27.1 Å². The molecule has 35 heavy (non-hydrogen) atoms. The summed E-state index contributed by atoms with van der Waals surface area (Å²) in [6.07, 6.45) is -3.38. The quantitative estimate of drug-likeness (QED) is 0.280. The first-order valence-corrected chi connectivity index (χ1v) is 11.5. The number of hydrogen-bond donors (Lipinski definition) is 0. The van der Waals surface area contributed by atoms with Crippen molar-refractivity contribution in [2.24, 2.45) is 0 Å². The molecule has 0 radical (unpaired) electrons. The molecule has 0 bridgehead atoms. The number of pyridine rings is 1. The Labute approximate surface area is 202 Å². The zero-order valence-electron chi connectivity index (χ0n) is 18.9. The van der Waals surface area contributed by atoms with E-state index < -0.39 is 11.9 Å². The minimum absolute atomic E-state index is 0.0620. The minimum atomic E-state index is -4.63. The van der Waals surface area contributed by atoms with Crippen molar-refractivity contribution in [1.82, 2.24) is 9.55 Å². The number of carbonyl (C=O) groups excluding carboxylic acids is 1. The normalized spacial score (nSPS) is 11.6. The molecule has 0 aliphatic carbocycles. The van der Waals surface area contributed by atoms with Gasteiger partial charge in [0.1, 0.15) is 18.1 Å². The van der Waals surface area contributed by atoms with E-state index in [0.717, 1.165) is 16.9 Å². The molecule has 0 fully saturated rings. The van der Waals surface area contributed by atoms with E-state index in [9.17, 15) is 22.8 Å². The zero-order valence-corrected chi connectivity index (χ0v) is 19.7. The van der Waals surface area contributed by atoms with Gasteiger partial charge in [-0.2, -0.15) is 13.2 Å². The molecule has 6 nitrogen and oxygen atoms in total. The van der Waals surface area contributed by atoms with Gasteiger partial charge < -0.3 is 9.15 Å². The Morgan fingerprint density at radius 3 is 2.57 bits per heavy atom. The summed E-state index contributed by atoms with van der Waals surface area (Å²) in [5.74, 6) is -0.901.